The molecule has 0 aliphatic heterocycles. The molecule has 0 amide bonds. The van der Waals surface area contributed by atoms with E-state index in [2.05, 4.69) is 5.10 Å². The zero-order valence-electron chi connectivity index (χ0n) is 12.8. The van der Waals surface area contributed by atoms with Gasteiger partial charge in [0.2, 0.25) is 0 Å². The van der Waals surface area contributed by atoms with E-state index in [0.717, 1.165) is 23.3 Å². The Morgan fingerprint density at radius 2 is 1.64 bits per heavy atom. The molecule has 2 aromatic carbocycles. The van der Waals surface area contributed by atoms with Gasteiger partial charge < -0.3 is 0 Å². The molecular weight excluding hydrogens is 335 g/mol. The first-order valence-corrected chi connectivity index (χ1v) is 7.26. The van der Waals surface area contributed by atoms with Crippen molar-refractivity contribution in [3.63, 3.8) is 0 Å². The summed E-state index contributed by atoms with van der Waals surface area (Å²) in [5, 5.41) is 14.8. The Kier molecular flexibility index (Phi) is 4.26. The van der Waals surface area contributed by atoms with Crippen molar-refractivity contribution in [3.8, 4) is 11.1 Å². The van der Waals surface area contributed by atoms with Crippen molar-refractivity contribution >= 4 is 5.69 Å². The van der Waals surface area contributed by atoms with Crippen molar-refractivity contribution in [2.75, 3.05) is 0 Å². The maximum atomic E-state index is 12.6. The number of nitrogens with zero attached hydrogens (tertiary/aromatic N) is 3. The lowest BCUT2D eigenvalue weighted by molar-refractivity contribution is -0.384. The number of nitro benzene ring substituents is 1. The lowest BCUT2D eigenvalue weighted by Crippen LogP contribution is -2.05. The Morgan fingerprint density at radius 3 is 2.20 bits per heavy atom. The van der Waals surface area contributed by atoms with Crippen LogP contribution in [0.5, 0.6) is 0 Å². The molecule has 8 heteroatoms. The van der Waals surface area contributed by atoms with Crippen molar-refractivity contribution < 1.29 is 18.1 Å². The number of halogens is 3. The van der Waals surface area contributed by atoms with Crippen LogP contribution >= 0.6 is 0 Å². The van der Waals surface area contributed by atoms with Gasteiger partial charge in [-0.15, -0.1) is 0 Å². The minimum atomic E-state index is -4.35. The van der Waals surface area contributed by atoms with Crippen LogP contribution in [0.2, 0.25) is 0 Å². The molecule has 0 atom stereocenters. The molecule has 0 N–H and O–H groups in total. The van der Waals surface area contributed by atoms with E-state index >= 15 is 0 Å². The highest BCUT2D eigenvalue weighted by Crippen LogP contribution is 2.29. The van der Waals surface area contributed by atoms with Crippen LogP contribution in [0.25, 0.3) is 11.1 Å². The number of non-ortho nitro benzene ring substituents is 1. The number of alkyl halides is 3. The first-order chi connectivity index (χ1) is 11.8. The summed E-state index contributed by atoms with van der Waals surface area (Å²) < 4.78 is 39.3. The van der Waals surface area contributed by atoms with Crippen LogP contribution in [0.15, 0.2) is 60.9 Å². The first-order valence-electron chi connectivity index (χ1n) is 7.26. The summed E-state index contributed by atoms with van der Waals surface area (Å²) >= 11 is 0. The summed E-state index contributed by atoms with van der Waals surface area (Å²) in [5.74, 6) is 0. The third-order valence-corrected chi connectivity index (χ3v) is 3.67. The average molecular weight is 347 g/mol. The molecule has 0 saturated heterocycles. The Bertz CT molecular complexity index is 885. The van der Waals surface area contributed by atoms with Gasteiger partial charge in [-0.1, -0.05) is 12.1 Å². The van der Waals surface area contributed by atoms with E-state index in [1.807, 2.05) is 0 Å². The second-order valence-corrected chi connectivity index (χ2v) is 5.43. The Morgan fingerprint density at radius 1 is 1.00 bits per heavy atom. The van der Waals surface area contributed by atoms with Gasteiger partial charge in [-0.05, 0) is 35.4 Å². The number of hydrogen-bond acceptors (Lipinski definition) is 3. The van der Waals surface area contributed by atoms with Crippen LogP contribution in [-0.4, -0.2) is 14.7 Å². The average Bonchev–Trinajstić information content (AvgIpc) is 3.03. The highest BCUT2D eigenvalue weighted by atomic mass is 19.4. The Labute approximate surface area is 140 Å². The van der Waals surface area contributed by atoms with Gasteiger partial charge in [-0.25, -0.2) is 0 Å². The normalized spacial score (nSPS) is 11.5. The van der Waals surface area contributed by atoms with E-state index in [-0.39, 0.29) is 5.69 Å². The molecular formula is C17H12F3N3O2. The zero-order chi connectivity index (χ0) is 18.0. The second kappa shape index (κ2) is 6.39. The molecule has 3 rings (SSSR count). The van der Waals surface area contributed by atoms with Crippen LogP contribution in [0, 0.1) is 10.1 Å². The van der Waals surface area contributed by atoms with Gasteiger partial charge in [0.1, 0.15) is 0 Å². The third kappa shape index (κ3) is 3.85. The lowest BCUT2D eigenvalue weighted by Gasteiger charge is -2.07. The topological polar surface area (TPSA) is 61.0 Å². The number of nitro groups is 1. The summed E-state index contributed by atoms with van der Waals surface area (Å²) in [6.45, 7) is 0.325. The second-order valence-electron chi connectivity index (χ2n) is 5.43. The largest absolute Gasteiger partial charge is 0.416 e. The van der Waals surface area contributed by atoms with Gasteiger partial charge >= 0.3 is 6.18 Å². The first kappa shape index (κ1) is 16.7. The predicted molar refractivity (Wildman–Crippen MR) is 84.9 cm³/mol. The van der Waals surface area contributed by atoms with Crippen molar-refractivity contribution in [3.05, 3.63) is 82.2 Å². The van der Waals surface area contributed by atoms with Crippen LogP contribution in [-0.2, 0) is 12.7 Å². The van der Waals surface area contributed by atoms with E-state index in [1.165, 1.54) is 24.3 Å². The minimum Gasteiger partial charge on any atom is -0.268 e. The smallest absolute Gasteiger partial charge is 0.268 e. The molecule has 0 spiro atoms. The summed E-state index contributed by atoms with van der Waals surface area (Å²) in [5.41, 5.74) is 1.53. The van der Waals surface area contributed by atoms with Crippen LogP contribution in [0.3, 0.4) is 0 Å². The standard InChI is InChI=1S/C17H12F3N3O2/c18-17(19,20)15-5-1-12(2-6-15)10-22-11-14(9-21-22)13-3-7-16(8-4-13)23(24)25/h1-9,11H,10H2. The number of hydrogen-bond donors (Lipinski definition) is 0. The maximum Gasteiger partial charge on any atom is 0.416 e. The predicted octanol–water partition coefficient (Wildman–Crippen LogP) is 4.53. The van der Waals surface area contributed by atoms with Crippen molar-refractivity contribution in [2.24, 2.45) is 0 Å². The Balaban J connectivity index is 1.74. The quantitative estimate of drug-likeness (QED) is 0.515. The fourth-order valence-electron chi connectivity index (χ4n) is 2.36. The molecule has 1 heterocycles. The van der Waals surface area contributed by atoms with Gasteiger partial charge in [-0.2, -0.15) is 18.3 Å². The highest BCUT2D eigenvalue weighted by Gasteiger charge is 2.29. The molecule has 0 saturated carbocycles. The van der Waals surface area contributed by atoms with E-state index in [4.69, 9.17) is 0 Å². The van der Waals surface area contributed by atoms with Crippen molar-refractivity contribution in [1.29, 1.82) is 0 Å². The molecule has 0 unspecified atom stereocenters. The minimum absolute atomic E-state index is 0.000830. The van der Waals surface area contributed by atoms with Gasteiger partial charge in [0.15, 0.2) is 0 Å². The summed E-state index contributed by atoms with van der Waals surface area (Å²) in [6.07, 6.45) is -1.02. The summed E-state index contributed by atoms with van der Waals surface area (Å²) in [7, 11) is 0. The molecule has 0 radical (unpaired) electrons. The molecule has 0 bridgehead atoms. The summed E-state index contributed by atoms with van der Waals surface area (Å²) in [4.78, 5) is 10.2. The maximum absolute atomic E-state index is 12.6. The van der Waals surface area contributed by atoms with E-state index in [0.29, 0.717) is 12.1 Å². The highest BCUT2D eigenvalue weighted by molar-refractivity contribution is 5.63. The molecule has 0 fully saturated rings. The van der Waals surface area contributed by atoms with Crippen molar-refractivity contribution in [1.82, 2.24) is 9.78 Å². The van der Waals surface area contributed by atoms with E-state index < -0.39 is 16.7 Å². The number of benzene rings is 2. The lowest BCUT2D eigenvalue weighted by atomic mass is 10.1. The van der Waals surface area contributed by atoms with Gasteiger partial charge in [0.05, 0.1) is 23.2 Å². The Hall–Kier alpha value is -3.16. The van der Waals surface area contributed by atoms with E-state index in [1.54, 1.807) is 29.2 Å². The van der Waals surface area contributed by atoms with E-state index in [9.17, 15) is 23.3 Å². The SMILES string of the molecule is O=[N+]([O-])c1ccc(-c2cnn(Cc3ccc(C(F)(F)F)cc3)c2)cc1. The fourth-order valence-corrected chi connectivity index (χ4v) is 2.36. The van der Waals surface area contributed by atoms with Gasteiger partial charge in [0.25, 0.3) is 5.69 Å². The van der Waals surface area contributed by atoms with Gasteiger partial charge in [0, 0.05) is 23.9 Å². The number of rotatable bonds is 4. The van der Waals surface area contributed by atoms with Crippen molar-refractivity contribution in [2.45, 2.75) is 12.7 Å². The molecule has 0 aliphatic carbocycles. The molecule has 1 aromatic heterocycles. The number of aromatic nitrogens is 2. The summed E-state index contributed by atoms with van der Waals surface area (Å²) in [6, 6.07) is 11.0. The fraction of sp³-hybridized carbons (Fsp3) is 0.118. The molecule has 128 valence electrons. The molecule has 3 aromatic rings. The molecule has 5 nitrogen and oxygen atoms in total. The third-order valence-electron chi connectivity index (χ3n) is 3.67. The van der Waals surface area contributed by atoms with Gasteiger partial charge in [-0.3, -0.25) is 14.8 Å². The molecule has 0 aliphatic rings. The van der Waals surface area contributed by atoms with Crippen LogP contribution in [0.4, 0.5) is 18.9 Å². The zero-order valence-corrected chi connectivity index (χ0v) is 12.8. The van der Waals surface area contributed by atoms with Crippen LogP contribution in [0.1, 0.15) is 11.1 Å². The molecule has 25 heavy (non-hydrogen) atoms. The monoisotopic (exact) mass is 347 g/mol. The van der Waals surface area contributed by atoms with Crippen LogP contribution < -0.4 is 0 Å².